The largest absolute Gasteiger partial charge is 0.353 e. The maximum Gasteiger partial charge on any atom is 0.239 e. The Balaban J connectivity index is 2.71. The lowest BCUT2D eigenvalue weighted by molar-refractivity contribution is -0.139. The summed E-state index contributed by atoms with van der Waals surface area (Å²) in [6.07, 6.45) is 3.77. The predicted octanol–water partition coefficient (Wildman–Crippen LogP) is 0.489. The molecular formula is C13H25N3O2. The predicted molar refractivity (Wildman–Crippen MR) is 70.9 cm³/mol. The van der Waals surface area contributed by atoms with Crippen molar-refractivity contribution in [2.24, 2.45) is 11.1 Å². The third kappa shape index (κ3) is 3.22. The fourth-order valence-corrected chi connectivity index (χ4v) is 2.47. The maximum atomic E-state index is 12.3. The summed E-state index contributed by atoms with van der Waals surface area (Å²) in [6.45, 7) is 3.72. The monoisotopic (exact) mass is 255 g/mol. The molecule has 0 radical (unpaired) electrons. The van der Waals surface area contributed by atoms with E-state index in [1.165, 1.54) is 0 Å². The lowest BCUT2D eigenvalue weighted by Crippen LogP contribution is -2.53. The number of carbonyl (C=O) groups excluding carboxylic acids is 2. The van der Waals surface area contributed by atoms with Crippen molar-refractivity contribution in [2.75, 3.05) is 20.6 Å². The number of rotatable bonds is 4. The van der Waals surface area contributed by atoms with Crippen molar-refractivity contribution in [1.29, 1.82) is 0 Å². The van der Waals surface area contributed by atoms with Crippen molar-refractivity contribution in [3.63, 3.8) is 0 Å². The molecule has 5 nitrogen and oxygen atoms in total. The van der Waals surface area contributed by atoms with E-state index < -0.39 is 11.0 Å². The van der Waals surface area contributed by atoms with Gasteiger partial charge in [-0.3, -0.25) is 9.59 Å². The van der Waals surface area contributed by atoms with E-state index in [2.05, 4.69) is 5.32 Å². The average Bonchev–Trinajstić information content (AvgIpc) is 2.73. The molecule has 0 heterocycles. The van der Waals surface area contributed by atoms with Gasteiger partial charge in [-0.2, -0.15) is 0 Å². The first-order valence-electron chi connectivity index (χ1n) is 6.48. The van der Waals surface area contributed by atoms with E-state index in [-0.39, 0.29) is 11.8 Å². The van der Waals surface area contributed by atoms with Gasteiger partial charge in [0.2, 0.25) is 11.8 Å². The number of carbonyl (C=O) groups is 2. The molecule has 0 aromatic rings. The molecule has 18 heavy (non-hydrogen) atoms. The van der Waals surface area contributed by atoms with E-state index in [9.17, 15) is 9.59 Å². The van der Waals surface area contributed by atoms with Gasteiger partial charge in [0.05, 0.1) is 11.0 Å². The summed E-state index contributed by atoms with van der Waals surface area (Å²) in [6, 6.07) is 0. The molecule has 1 saturated carbocycles. The Bertz CT molecular complexity index is 326. The van der Waals surface area contributed by atoms with E-state index in [1.807, 2.05) is 0 Å². The summed E-state index contributed by atoms with van der Waals surface area (Å²) in [5.74, 6) is -0.101. The van der Waals surface area contributed by atoms with Gasteiger partial charge in [-0.25, -0.2) is 0 Å². The second-order valence-corrected chi connectivity index (χ2v) is 6.09. The van der Waals surface area contributed by atoms with Gasteiger partial charge in [0.25, 0.3) is 0 Å². The van der Waals surface area contributed by atoms with Gasteiger partial charge in [-0.05, 0) is 26.7 Å². The molecule has 3 N–H and O–H groups in total. The van der Waals surface area contributed by atoms with Crippen LogP contribution in [0, 0.1) is 5.41 Å². The maximum absolute atomic E-state index is 12.3. The molecule has 2 amide bonds. The molecule has 1 aliphatic rings. The smallest absolute Gasteiger partial charge is 0.239 e. The van der Waals surface area contributed by atoms with Crippen LogP contribution in [0.5, 0.6) is 0 Å². The third-order valence-electron chi connectivity index (χ3n) is 3.59. The van der Waals surface area contributed by atoms with Gasteiger partial charge in [-0.1, -0.05) is 12.8 Å². The minimum Gasteiger partial charge on any atom is -0.353 e. The van der Waals surface area contributed by atoms with Crippen LogP contribution in [0.1, 0.15) is 39.5 Å². The summed E-state index contributed by atoms with van der Waals surface area (Å²) >= 11 is 0. The lowest BCUT2D eigenvalue weighted by atomic mass is 9.84. The first-order valence-corrected chi connectivity index (χ1v) is 6.48. The van der Waals surface area contributed by atoms with E-state index >= 15 is 0 Å². The zero-order valence-corrected chi connectivity index (χ0v) is 11.9. The highest BCUT2D eigenvalue weighted by molar-refractivity contribution is 5.87. The Labute approximate surface area is 109 Å². The highest BCUT2D eigenvalue weighted by atomic mass is 16.2. The molecule has 0 aromatic carbocycles. The van der Waals surface area contributed by atoms with Gasteiger partial charge < -0.3 is 16.0 Å². The standard InChI is InChI=1S/C13H25N3O2/c1-12(2,14)10(17)15-9-13(7-5-6-8-13)11(18)16(3)4/h5-9,14H2,1-4H3,(H,15,17). The van der Waals surface area contributed by atoms with Gasteiger partial charge in [0, 0.05) is 20.6 Å². The summed E-state index contributed by atoms with van der Waals surface area (Å²) in [5, 5.41) is 2.83. The number of nitrogens with two attached hydrogens (primary N) is 1. The second-order valence-electron chi connectivity index (χ2n) is 6.09. The zero-order valence-electron chi connectivity index (χ0n) is 11.9. The topological polar surface area (TPSA) is 75.4 Å². The van der Waals surface area contributed by atoms with Crippen LogP contribution in [-0.2, 0) is 9.59 Å². The molecule has 1 rings (SSSR count). The summed E-state index contributed by atoms with van der Waals surface area (Å²) < 4.78 is 0. The number of nitrogens with zero attached hydrogens (tertiary/aromatic N) is 1. The lowest BCUT2D eigenvalue weighted by Gasteiger charge is -2.32. The van der Waals surface area contributed by atoms with Crippen molar-refractivity contribution in [3.8, 4) is 0 Å². The Morgan fingerprint density at radius 1 is 1.28 bits per heavy atom. The third-order valence-corrected chi connectivity index (χ3v) is 3.59. The van der Waals surface area contributed by atoms with E-state index in [0.717, 1.165) is 25.7 Å². The summed E-state index contributed by atoms with van der Waals surface area (Å²) in [4.78, 5) is 25.7. The Hall–Kier alpha value is -1.10. The van der Waals surface area contributed by atoms with Crippen LogP contribution >= 0.6 is 0 Å². The fourth-order valence-electron chi connectivity index (χ4n) is 2.47. The molecule has 0 saturated heterocycles. The molecule has 0 aromatic heterocycles. The highest BCUT2D eigenvalue weighted by Crippen LogP contribution is 2.38. The highest BCUT2D eigenvalue weighted by Gasteiger charge is 2.42. The molecule has 104 valence electrons. The SMILES string of the molecule is CN(C)C(=O)C1(CNC(=O)C(C)(C)N)CCCC1. The molecule has 0 atom stereocenters. The molecule has 5 heteroatoms. The molecule has 0 unspecified atom stereocenters. The zero-order chi connectivity index (χ0) is 14.0. The van der Waals surface area contributed by atoms with E-state index in [0.29, 0.717) is 6.54 Å². The van der Waals surface area contributed by atoms with Crippen LogP contribution in [0.4, 0.5) is 0 Å². The van der Waals surface area contributed by atoms with E-state index in [4.69, 9.17) is 5.73 Å². The van der Waals surface area contributed by atoms with E-state index in [1.54, 1.807) is 32.8 Å². The Morgan fingerprint density at radius 2 is 1.78 bits per heavy atom. The Kier molecular flexibility index (Phi) is 4.37. The molecule has 0 aliphatic heterocycles. The van der Waals surface area contributed by atoms with Crippen molar-refractivity contribution >= 4 is 11.8 Å². The minimum absolute atomic E-state index is 0.107. The first-order chi connectivity index (χ1) is 8.19. The molecule has 0 spiro atoms. The Morgan fingerprint density at radius 3 is 2.17 bits per heavy atom. The van der Waals surface area contributed by atoms with Crippen molar-refractivity contribution in [1.82, 2.24) is 10.2 Å². The van der Waals surface area contributed by atoms with Crippen molar-refractivity contribution in [3.05, 3.63) is 0 Å². The number of hydrogen-bond donors (Lipinski definition) is 2. The molecule has 1 fully saturated rings. The summed E-state index contributed by atoms with van der Waals surface area (Å²) in [7, 11) is 3.52. The number of hydrogen-bond acceptors (Lipinski definition) is 3. The van der Waals surface area contributed by atoms with Gasteiger partial charge in [-0.15, -0.1) is 0 Å². The van der Waals surface area contributed by atoms with Gasteiger partial charge in [0.1, 0.15) is 0 Å². The van der Waals surface area contributed by atoms with Gasteiger partial charge >= 0.3 is 0 Å². The number of nitrogens with one attached hydrogen (secondary N) is 1. The fraction of sp³-hybridized carbons (Fsp3) is 0.846. The molecule has 1 aliphatic carbocycles. The second kappa shape index (κ2) is 5.26. The van der Waals surface area contributed by atoms with Crippen LogP contribution in [0.25, 0.3) is 0 Å². The average molecular weight is 255 g/mol. The number of amides is 2. The van der Waals surface area contributed by atoms with Crippen LogP contribution in [-0.4, -0.2) is 42.9 Å². The van der Waals surface area contributed by atoms with Crippen LogP contribution in [0.2, 0.25) is 0 Å². The molecular weight excluding hydrogens is 230 g/mol. The molecule has 0 bridgehead atoms. The summed E-state index contributed by atoms with van der Waals surface area (Å²) in [5.41, 5.74) is 4.41. The van der Waals surface area contributed by atoms with Crippen molar-refractivity contribution < 1.29 is 9.59 Å². The van der Waals surface area contributed by atoms with Crippen LogP contribution in [0.15, 0.2) is 0 Å². The van der Waals surface area contributed by atoms with Crippen LogP contribution in [0.3, 0.4) is 0 Å². The van der Waals surface area contributed by atoms with Crippen LogP contribution < -0.4 is 11.1 Å². The van der Waals surface area contributed by atoms with Crippen molar-refractivity contribution in [2.45, 2.75) is 45.1 Å². The minimum atomic E-state index is -0.902. The normalized spacial score (nSPS) is 18.5. The van der Waals surface area contributed by atoms with Gasteiger partial charge in [0.15, 0.2) is 0 Å². The quantitative estimate of drug-likeness (QED) is 0.767. The first kappa shape index (κ1) is 15.0.